The van der Waals surface area contributed by atoms with E-state index in [-0.39, 0.29) is 12.4 Å². The zero-order chi connectivity index (χ0) is 26.6. The van der Waals surface area contributed by atoms with E-state index in [9.17, 15) is 15.2 Å². The first kappa shape index (κ1) is 26.2. The molecule has 11 heteroatoms. The number of nitriles is 1. The number of anilines is 1. The van der Waals surface area contributed by atoms with Crippen LogP contribution < -0.4 is 5.73 Å². The molecule has 188 valence electrons. The highest BCUT2D eigenvalue weighted by Crippen LogP contribution is 2.34. The van der Waals surface area contributed by atoms with Gasteiger partial charge in [-0.25, -0.2) is 14.6 Å². The number of pyridine rings is 1. The molecule has 0 saturated heterocycles. The van der Waals surface area contributed by atoms with Gasteiger partial charge in [0.25, 0.3) is 0 Å². The number of halogens is 1. The van der Waals surface area contributed by atoms with Gasteiger partial charge < -0.3 is 10.8 Å². The number of carboxylic acids is 1. The maximum absolute atomic E-state index is 11.5. The second-order valence-electron chi connectivity index (χ2n) is 8.64. The zero-order valence-electron chi connectivity index (χ0n) is 20.4. The van der Waals surface area contributed by atoms with Crippen LogP contribution in [0.5, 0.6) is 0 Å². The average Bonchev–Trinajstić information content (AvgIpc) is 3.35. The van der Waals surface area contributed by atoms with Crippen LogP contribution in [0.25, 0.3) is 22.6 Å². The van der Waals surface area contributed by atoms with E-state index in [1.165, 1.54) is 0 Å². The molecule has 3 aromatic heterocycles. The Morgan fingerprint density at radius 2 is 1.84 bits per heavy atom. The number of nitrogens with zero attached hydrogens (tertiary/aromatic N) is 7. The topological polar surface area (TPSA) is 156 Å². The van der Waals surface area contributed by atoms with Crippen LogP contribution in [0.1, 0.15) is 50.1 Å². The van der Waals surface area contributed by atoms with E-state index < -0.39 is 11.4 Å². The van der Waals surface area contributed by atoms with Gasteiger partial charge in [0.2, 0.25) is 5.95 Å². The molecule has 3 heterocycles. The molecular weight excluding hydrogens is 583 g/mol. The molecule has 0 amide bonds. The third kappa shape index (κ3) is 5.59. The minimum Gasteiger partial charge on any atom is -0.481 e. The second kappa shape index (κ2) is 11.0. The lowest BCUT2D eigenvalue weighted by Gasteiger charge is -2.29. The molecule has 10 nitrogen and oxygen atoms in total. The van der Waals surface area contributed by atoms with Crippen LogP contribution in [-0.2, 0) is 16.8 Å². The van der Waals surface area contributed by atoms with Crippen molar-refractivity contribution in [3.63, 3.8) is 0 Å². The minimum atomic E-state index is -0.840. The van der Waals surface area contributed by atoms with E-state index in [0.717, 1.165) is 15.0 Å². The smallest absolute Gasteiger partial charge is 0.304 e. The number of aromatic nitrogens is 6. The van der Waals surface area contributed by atoms with Crippen molar-refractivity contribution in [3.8, 4) is 28.7 Å². The molecule has 1 aromatic carbocycles. The number of benzene rings is 1. The van der Waals surface area contributed by atoms with Crippen LogP contribution in [0.4, 0.5) is 5.95 Å². The molecule has 4 aromatic rings. The Morgan fingerprint density at radius 1 is 1.11 bits per heavy atom. The number of hydrogen-bond donors (Lipinski definition) is 2. The summed E-state index contributed by atoms with van der Waals surface area (Å²) < 4.78 is 2.46. The summed E-state index contributed by atoms with van der Waals surface area (Å²) in [7, 11) is 0. The van der Waals surface area contributed by atoms with Crippen LogP contribution in [0.2, 0.25) is 0 Å². The standard InChI is InChI=1S/C26H25IN8O2/c1-3-26(4-2,12-24(36)37)23-10-5-7-16(30-23)14-35-15-22(33-34-35)21-11-20(31-25(29)32-21)17-8-6-9-19(27)18(17)13-28/h5-11,15H,3-4,12,14H2,1-2H3,(H,36,37)(H2,29,31,32). The highest BCUT2D eigenvalue weighted by molar-refractivity contribution is 14.1. The molecular formula is C26H25IN8O2. The summed E-state index contributed by atoms with van der Waals surface area (Å²) in [4.78, 5) is 25.0. The first-order valence-corrected chi connectivity index (χ1v) is 12.8. The lowest BCUT2D eigenvalue weighted by Crippen LogP contribution is -2.29. The van der Waals surface area contributed by atoms with E-state index in [0.29, 0.717) is 47.6 Å². The third-order valence-corrected chi connectivity index (χ3v) is 7.36. The molecule has 4 rings (SSSR count). The van der Waals surface area contributed by atoms with Crippen molar-refractivity contribution in [1.82, 2.24) is 29.9 Å². The number of hydrogen-bond acceptors (Lipinski definition) is 8. The Kier molecular flexibility index (Phi) is 7.77. The fraction of sp³-hybridized carbons (Fsp3) is 0.269. The Labute approximate surface area is 227 Å². The molecule has 37 heavy (non-hydrogen) atoms. The lowest BCUT2D eigenvalue weighted by atomic mass is 9.76. The van der Waals surface area contributed by atoms with E-state index in [2.05, 4.69) is 48.9 Å². The average molecular weight is 608 g/mol. The summed E-state index contributed by atoms with van der Waals surface area (Å²) in [6.07, 6.45) is 3.11. The van der Waals surface area contributed by atoms with Gasteiger partial charge in [-0.2, -0.15) is 5.26 Å². The van der Waals surface area contributed by atoms with Gasteiger partial charge in [0.15, 0.2) is 0 Å². The van der Waals surface area contributed by atoms with E-state index in [1.807, 2.05) is 50.2 Å². The summed E-state index contributed by atoms with van der Waals surface area (Å²) in [5.41, 5.74) is 9.65. The predicted molar refractivity (Wildman–Crippen MR) is 146 cm³/mol. The van der Waals surface area contributed by atoms with Crippen LogP contribution in [0.3, 0.4) is 0 Å². The van der Waals surface area contributed by atoms with Crippen molar-refractivity contribution in [2.24, 2.45) is 0 Å². The van der Waals surface area contributed by atoms with Gasteiger partial charge in [-0.1, -0.05) is 37.3 Å². The number of rotatable bonds is 9. The van der Waals surface area contributed by atoms with Crippen molar-refractivity contribution in [2.45, 2.75) is 45.1 Å². The first-order chi connectivity index (χ1) is 17.8. The van der Waals surface area contributed by atoms with Gasteiger partial charge in [0.1, 0.15) is 11.8 Å². The minimum absolute atomic E-state index is 0.0232. The van der Waals surface area contributed by atoms with Gasteiger partial charge in [0, 0.05) is 20.2 Å². The highest BCUT2D eigenvalue weighted by atomic mass is 127. The third-order valence-electron chi connectivity index (χ3n) is 6.46. The van der Waals surface area contributed by atoms with Crippen LogP contribution in [-0.4, -0.2) is 41.0 Å². The molecule has 0 spiro atoms. The van der Waals surface area contributed by atoms with Gasteiger partial charge in [-0.3, -0.25) is 9.78 Å². The number of carboxylic acid groups (broad SMARTS) is 1. The molecule has 0 fully saturated rings. The summed E-state index contributed by atoms with van der Waals surface area (Å²) in [5.74, 6) is -0.777. The van der Waals surface area contributed by atoms with Gasteiger partial charge in [-0.15, -0.1) is 5.10 Å². The molecule has 0 radical (unpaired) electrons. The number of nitrogen functional groups attached to an aromatic ring is 1. The maximum Gasteiger partial charge on any atom is 0.304 e. The number of carbonyl (C=O) groups is 1. The fourth-order valence-corrected chi connectivity index (χ4v) is 4.97. The van der Waals surface area contributed by atoms with Crippen LogP contribution in [0.15, 0.2) is 48.7 Å². The van der Waals surface area contributed by atoms with Gasteiger partial charge in [0.05, 0.1) is 41.8 Å². The predicted octanol–water partition coefficient (Wildman–Crippen LogP) is 4.44. The summed E-state index contributed by atoms with van der Waals surface area (Å²) >= 11 is 2.11. The summed E-state index contributed by atoms with van der Waals surface area (Å²) in [6.45, 7) is 4.32. The Hall–Kier alpha value is -3.92. The number of aliphatic carboxylic acids is 1. The van der Waals surface area contributed by atoms with Crippen molar-refractivity contribution in [3.05, 3.63) is 69.2 Å². The van der Waals surface area contributed by atoms with Crippen molar-refractivity contribution >= 4 is 34.5 Å². The first-order valence-electron chi connectivity index (χ1n) is 11.7. The van der Waals surface area contributed by atoms with Crippen molar-refractivity contribution in [1.29, 1.82) is 5.26 Å². The Bertz CT molecular complexity index is 1490. The van der Waals surface area contributed by atoms with E-state index >= 15 is 0 Å². The van der Waals surface area contributed by atoms with Crippen LogP contribution in [0, 0.1) is 14.9 Å². The molecule has 0 aliphatic carbocycles. The fourth-order valence-electron chi connectivity index (χ4n) is 4.35. The monoisotopic (exact) mass is 608 g/mol. The zero-order valence-corrected chi connectivity index (χ0v) is 22.5. The normalized spacial score (nSPS) is 11.3. The SMILES string of the molecule is CCC(CC)(CC(=O)O)c1cccc(Cn2cc(-c3cc(-c4cccc(I)c4C#N)nc(N)n3)nn2)n1. The van der Waals surface area contributed by atoms with Crippen molar-refractivity contribution < 1.29 is 9.90 Å². The Morgan fingerprint density at radius 3 is 2.54 bits per heavy atom. The molecule has 3 N–H and O–H groups in total. The van der Waals surface area contributed by atoms with Crippen molar-refractivity contribution in [2.75, 3.05) is 5.73 Å². The molecule has 0 atom stereocenters. The molecule has 0 aliphatic heterocycles. The highest BCUT2D eigenvalue weighted by Gasteiger charge is 2.32. The summed E-state index contributed by atoms with van der Waals surface area (Å²) in [5, 5.41) is 27.6. The number of nitrogens with two attached hydrogens (primary N) is 1. The lowest BCUT2D eigenvalue weighted by molar-refractivity contribution is -0.138. The summed E-state index contributed by atoms with van der Waals surface area (Å²) in [6, 6.07) is 15.1. The molecule has 0 aliphatic rings. The quantitative estimate of drug-likeness (QED) is 0.262. The van der Waals surface area contributed by atoms with Crippen LogP contribution >= 0.6 is 22.6 Å². The second-order valence-corrected chi connectivity index (χ2v) is 9.81. The van der Waals surface area contributed by atoms with Gasteiger partial charge in [-0.05, 0) is 59.7 Å². The van der Waals surface area contributed by atoms with Gasteiger partial charge >= 0.3 is 5.97 Å². The van der Waals surface area contributed by atoms with E-state index in [1.54, 1.807) is 16.9 Å². The largest absolute Gasteiger partial charge is 0.481 e. The van der Waals surface area contributed by atoms with E-state index in [4.69, 9.17) is 10.7 Å². The Balaban J connectivity index is 1.63. The molecule has 0 saturated carbocycles. The molecule has 0 unspecified atom stereocenters. The maximum atomic E-state index is 11.5. The molecule has 0 bridgehead atoms.